The zero-order valence-corrected chi connectivity index (χ0v) is 12.1. The van der Waals surface area contributed by atoms with Crippen LogP contribution < -0.4 is 10.1 Å². The van der Waals surface area contributed by atoms with Crippen LogP contribution in [0, 0.1) is 0 Å². The van der Waals surface area contributed by atoms with Gasteiger partial charge < -0.3 is 20.1 Å². The van der Waals surface area contributed by atoms with Crippen molar-refractivity contribution >= 4 is 23.3 Å². The topological polar surface area (TPSA) is 61.8 Å². The SMILES string of the molecule is COc1ccc(Cl)cc1NC(=O)N(C)CCC(C)O. The molecule has 1 atom stereocenters. The van der Waals surface area contributed by atoms with Gasteiger partial charge >= 0.3 is 6.03 Å². The molecule has 0 aliphatic rings. The maximum Gasteiger partial charge on any atom is 0.321 e. The van der Waals surface area contributed by atoms with E-state index in [1.54, 1.807) is 32.2 Å². The van der Waals surface area contributed by atoms with E-state index in [9.17, 15) is 9.90 Å². The second-order valence-corrected chi connectivity index (χ2v) is 4.77. The lowest BCUT2D eigenvalue weighted by atomic mass is 10.3. The Hall–Kier alpha value is -1.46. The Morgan fingerprint density at radius 3 is 2.84 bits per heavy atom. The van der Waals surface area contributed by atoms with Crippen molar-refractivity contribution in [2.45, 2.75) is 19.4 Å². The van der Waals surface area contributed by atoms with Crippen LogP contribution in [0.5, 0.6) is 5.75 Å². The zero-order valence-electron chi connectivity index (χ0n) is 11.3. The largest absolute Gasteiger partial charge is 0.495 e. The van der Waals surface area contributed by atoms with Crippen LogP contribution in [0.25, 0.3) is 0 Å². The molecule has 0 aromatic heterocycles. The fourth-order valence-electron chi connectivity index (χ4n) is 1.47. The summed E-state index contributed by atoms with van der Waals surface area (Å²) >= 11 is 5.89. The molecule has 2 N–H and O–H groups in total. The number of carbonyl (C=O) groups is 1. The van der Waals surface area contributed by atoms with Crippen molar-refractivity contribution in [3.05, 3.63) is 23.2 Å². The summed E-state index contributed by atoms with van der Waals surface area (Å²) in [7, 11) is 3.19. The minimum atomic E-state index is -0.434. The first-order valence-corrected chi connectivity index (χ1v) is 6.35. The minimum absolute atomic E-state index is 0.277. The molecule has 0 aliphatic heterocycles. The number of halogens is 1. The van der Waals surface area contributed by atoms with Crippen LogP contribution in [-0.2, 0) is 0 Å². The predicted molar refractivity (Wildman–Crippen MR) is 76.0 cm³/mol. The number of carbonyl (C=O) groups excluding carboxylic acids is 1. The molecule has 1 aromatic carbocycles. The Bertz CT molecular complexity index is 438. The Morgan fingerprint density at radius 1 is 1.58 bits per heavy atom. The molecule has 0 fully saturated rings. The number of urea groups is 1. The van der Waals surface area contributed by atoms with Crippen LogP contribution >= 0.6 is 11.6 Å². The fourth-order valence-corrected chi connectivity index (χ4v) is 1.64. The average Bonchev–Trinajstić information content (AvgIpc) is 2.36. The standard InChI is InChI=1S/C13H19ClN2O3/c1-9(17)6-7-16(2)13(18)15-11-8-10(14)4-5-12(11)19-3/h4-5,8-9,17H,6-7H2,1-3H3,(H,15,18). The second-order valence-electron chi connectivity index (χ2n) is 4.33. The third kappa shape index (κ3) is 4.96. The third-order valence-corrected chi connectivity index (χ3v) is 2.87. The Morgan fingerprint density at radius 2 is 2.26 bits per heavy atom. The maximum atomic E-state index is 11.9. The first-order chi connectivity index (χ1) is 8.93. The third-order valence-electron chi connectivity index (χ3n) is 2.63. The van der Waals surface area contributed by atoms with E-state index in [1.165, 1.54) is 12.0 Å². The molecular formula is C13H19ClN2O3. The van der Waals surface area contributed by atoms with Gasteiger partial charge in [-0.3, -0.25) is 0 Å². The van der Waals surface area contributed by atoms with Crippen molar-refractivity contribution in [3.8, 4) is 5.75 Å². The van der Waals surface area contributed by atoms with Gasteiger partial charge in [-0.25, -0.2) is 4.79 Å². The number of anilines is 1. The number of rotatable bonds is 5. The molecule has 0 saturated heterocycles. The smallest absolute Gasteiger partial charge is 0.321 e. The van der Waals surface area contributed by atoms with E-state index in [2.05, 4.69) is 5.32 Å². The summed E-state index contributed by atoms with van der Waals surface area (Å²) in [5, 5.41) is 12.4. The van der Waals surface area contributed by atoms with Gasteiger partial charge in [0, 0.05) is 18.6 Å². The van der Waals surface area contributed by atoms with E-state index < -0.39 is 6.10 Å². The number of hydrogen-bond acceptors (Lipinski definition) is 3. The Kier molecular flexibility index (Phi) is 5.92. The normalized spacial score (nSPS) is 11.8. The van der Waals surface area contributed by atoms with E-state index in [0.717, 1.165) is 0 Å². The molecule has 2 amide bonds. The molecule has 106 valence electrons. The van der Waals surface area contributed by atoms with E-state index in [-0.39, 0.29) is 6.03 Å². The predicted octanol–water partition coefficient (Wildman–Crippen LogP) is 2.58. The van der Waals surface area contributed by atoms with E-state index in [1.807, 2.05) is 0 Å². The first-order valence-electron chi connectivity index (χ1n) is 5.97. The summed E-state index contributed by atoms with van der Waals surface area (Å²) in [5.41, 5.74) is 0.517. The van der Waals surface area contributed by atoms with E-state index >= 15 is 0 Å². The molecule has 0 heterocycles. The summed E-state index contributed by atoms with van der Waals surface area (Å²) in [6.07, 6.45) is 0.0901. The summed E-state index contributed by atoms with van der Waals surface area (Å²) in [6.45, 7) is 2.15. The molecule has 0 spiro atoms. The van der Waals surface area contributed by atoms with Crippen molar-refractivity contribution in [2.75, 3.05) is 26.0 Å². The molecule has 6 heteroatoms. The van der Waals surface area contributed by atoms with Gasteiger partial charge in [-0.1, -0.05) is 11.6 Å². The summed E-state index contributed by atoms with van der Waals surface area (Å²) in [4.78, 5) is 13.4. The van der Waals surface area contributed by atoms with Crippen molar-refractivity contribution in [1.82, 2.24) is 4.90 Å². The van der Waals surface area contributed by atoms with Crippen molar-refractivity contribution in [1.29, 1.82) is 0 Å². The lowest BCUT2D eigenvalue weighted by molar-refractivity contribution is 0.167. The van der Waals surface area contributed by atoms with Crippen molar-refractivity contribution in [3.63, 3.8) is 0 Å². The average molecular weight is 287 g/mol. The summed E-state index contributed by atoms with van der Waals surface area (Å²) in [5.74, 6) is 0.543. The quantitative estimate of drug-likeness (QED) is 0.874. The fraction of sp³-hybridized carbons (Fsp3) is 0.462. The van der Waals surface area contributed by atoms with Gasteiger partial charge in [0.25, 0.3) is 0 Å². The van der Waals surface area contributed by atoms with E-state index in [0.29, 0.717) is 29.4 Å². The molecule has 1 unspecified atom stereocenters. The molecule has 0 aliphatic carbocycles. The molecule has 1 aromatic rings. The minimum Gasteiger partial charge on any atom is -0.495 e. The van der Waals surface area contributed by atoms with Crippen LogP contribution in [0.15, 0.2) is 18.2 Å². The molecule has 19 heavy (non-hydrogen) atoms. The highest BCUT2D eigenvalue weighted by atomic mass is 35.5. The number of methoxy groups -OCH3 is 1. The van der Waals surface area contributed by atoms with Crippen LogP contribution in [0.3, 0.4) is 0 Å². The first kappa shape index (κ1) is 15.6. The lowest BCUT2D eigenvalue weighted by Crippen LogP contribution is -2.33. The molecule has 1 rings (SSSR count). The van der Waals surface area contributed by atoms with E-state index in [4.69, 9.17) is 16.3 Å². The number of benzene rings is 1. The van der Waals surface area contributed by atoms with Crippen molar-refractivity contribution in [2.24, 2.45) is 0 Å². The molecular weight excluding hydrogens is 268 g/mol. The number of hydrogen-bond donors (Lipinski definition) is 2. The number of aliphatic hydroxyl groups is 1. The number of nitrogens with one attached hydrogen (secondary N) is 1. The molecule has 5 nitrogen and oxygen atoms in total. The molecule has 0 bridgehead atoms. The molecule has 0 saturated carbocycles. The van der Waals surface area contributed by atoms with Gasteiger partial charge in [-0.05, 0) is 31.5 Å². The number of nitrogens with zero attached hydrogens (tertiary/aromatic N) is 1. The summed E-state index contributed by atoms with van der Waals surface area (Å²) < 4.78 is 5.15. The van der Waals surface area contributed by atoms with Gasteiger partial charge in [0.05, 0.1) is 18.9 Å². The van der Waals surface area contributed by atoms with Crippen LogP contribution in [0.1, 0.15) is 13.3 Å². The number of aliphatic hydroxyl groups excluding tert-OH is 1. The molecule has 0 radical (unpaired) electrons. The van der Waals surface area contributed by atoms with Gasteiger partial charge in [-0.2, -0.15) is 0 Å². The number of amides is 2. The van der Waals surface area contributed by atoms with Crippen LogP contribution in [0.4, 0.5) is 10.5 Å². The Balaban J connectivity index is 2.68. The second kappa shape index (κ2) is 7.21. The van der Waals surface area contributed by atoms with Crippen LogP contribution in [0.2, 0.25) is 5.02 Å². The Labute approximate surface area is 118 Å². The maximum absolute atomic E-state index is 11.9. The van der Waals surface area contributed by atoms with Gasteiger partial charge in [0.1, 0.15) is 5.75 Å². The van der Waals surface area contributed by atoms with Gasteiger partial charge in [-0.15, -0.1) is 0 Å². The highest BCUT2D eigenvalue weighted by Crippen LogP contribution is 2.27. The summed E-state index contributed by atoms with van der Waals surface area (Å²) in [6, 6.07) is 4.73. The van der Waals surface area contributed by atoms with Crippen LogP contribution in [-0.4, -0.2) is 42.8 Å². The zero-order chi connectivity index (χ0) is 14.4. The van der Waals surface area contributed by atoms with Crippen molar-refractivity contribution < 1.29 is 14.6 Å². The highest BCUT2D eigenvalue weighted by molar-refractivity contribution is 6.31. The highest BCUT2D eigenvalue weighted by Gasteiger charge is 2.12. The van der Waals surface area contributed by atoms with Gasteiger partial charge in [0.15, 0.2) is 0 Å². The number of ether oxygens (including phenoxy) is 1. The monoisotopic (exact) mass is 286 g/mol. The lowest BCUT2D eigenvalue weighted by Gasteiger charge is -2.19. The van der Waals surface area contributed by atoms with Gasteiger partial charge in [0.2, 0.25) is 0 Å².